The van der Waals surface area contributed by atoms with E-state index in [2.05, 4.69) is 9.97 Å². The Morgan fingerprint density at radius 1 is 1.00 bits per heavy atom. The van der Waals surface area contributed by atoms with E-state index in [0.29, 0.717) is 32.3 Å². The zero-order chi connectivity index (χ0) is 21.4. The number of hydrogen-bond acceptors (Lipinski definition) is 3. The van der Waals surface area contributed by atoms with Crippen LogP contribution in [0.15, 0.2) is 54.9 Å². The summed E-state index contributed by atoms with van der Waals surface area (Å²) in [6, 6.07) is 12.4. The van der Waals surface area contributed by atoms with Gasteiger partial charge in [-0.15, -0.1) is 0 Å². The molecule has 0 spiro atoms. The topological polar surface area (TPSA) is 46.0 Å². The number of hydrogen-bond donors (Lipinski definition) is 1. The molecule has 0 saturated heterocycles. The van der Waals surface area contributed by atoms with Crippen molar-refractivity contribution < 1.29 is 9.50 Å². The van der Waals surface area contributed by atoms with E-state index in [-0.39, 0.29) is 22.9 Å². The van der Waals surface area contributed by atoms with Crippen LogP contribution in [0, 0.1) is 12.7 Å². The quantitative estimate of drug-likeness (QED) is 0.352. The molecule has 0 aliphatic rings. The second kappa shape index (κ2) is 8.38. The Bertz CT molecular complexity index is 1260. The summed E-state index contributed by atoms with van der Waals surface area (Å²) < 4.78 is 14.9. The number of aromatic hydroxyl groups is 1. The van der Waals surface area contributed by atoms with Gasteiger partial charge in [-0.2, -0.15) is 0 Å². The van der Waals surface area contributed by atoms with Crippen LogP contribution in [-0.4, -0.2) is 15.1 Å². The summed E-state index contributed by atoms with van der Waals surface area (Å²) in [7, 11) is 0. The molecule has 0 amide bonds. The van der Waals surface area contributed by atoms with Crippen LogP contribution in [0.4, 0.5) is 4.39 Å². The Hall–Kier alpha value is -2.40. The zero-order valence-electron chi connectivity index (χ0n) is 15.8. The van der Waals surface area contributed by atoms with Crippen molar-refractivity contribution in [1.82, 2.24) is 9.97 Å². The van der Waals surface area contributed by atoms with Crippen LogP contribution < -0.4 is 0 Å². The molecule has 2 aromatic heterocycles. The SMILES string of the molecule is Cc1c(Cl)cnc(CC(c2ccc(Cl)cc2Cl)c2ccc3cccnc3c2O)c1F. The van der Waals surface area contributed by atoms with E-state index in [1.807, 2.05) is 12.1 Å². The van der Waals surface area contributed by atoms with Crippen LogP contribution in [-0.2, 0) is 6.42 Å². The number of rotatable bonds is 4. The number of aromatic nitrogens is 2. The maximum Gasteiger partial charge on any atom is 0.149 e. The minimum Gasteiger partial charge on any atom is -0.505 e. The van der Waals surface area contributed by atoms with Crippen LogP contribution in [0.5, 0.6) is 5.75 Å². The first-order valence-corrected chi connectivity index (χ1v) is 10.3. The molecule has 30 heavy (non-hydrogen) atoms. The van der Waals surface area contributed by atoms with Gasteiger partial charge in [0.2, 0.25) is 0 Å². The summed E-state index contributed by atoms with van der Waals surface area (Å²) >= 11 is 18.6. The molecule has 0 fully saturated rings. The van der Waals surface area contributed by atoms with Gasteiger partial charge in [0.25, 0.3) is 0 Å². The standard InChI is InChI=1S/C23H16Cl3FN2O/c1-12-19(26)11-29-20(21(12)27)10-17(15-7-5-14(24)9-18(15)25)16-6-4-13-3-2-8-28-22(13)23(16)30/h2-9,11,17,30H,10H2,1H3. The fourth-order valence-electron chi connectivity index (χ4n) is 3.54. The Morgan fingerprint density at radius 2 is 1.77 bits per heavy atom. The van der Waals surface area contributed by atoms with Crippen molar-refractivity contribution in [1.29, 1.82) is 0 Å². The lowest BCUT2D eigenvalue weighted by Crippen LogP contribution is -2.10. The van der Waals surface area contributed by atoms with Crippen LogP contribution in [0.25, 0.3) is 10.9 Å². The number of nitrogens with zero attached hydrogens (tertiary/aromatic N) is 2. The van der Waals surface area contributed by atoms with E-state index in [0.717, 1.165) is 5.39 Å². The van der Waals surface area contributed by atoms with E-state index in [9.17, 15) is 9.50 Å². The highest BCUT2D eigenvalue weighted by molar-refractivity contribution is 6.35. The van der Waals surface area contributed by atoms with E-state index in [1.165, 1.54) is 6.20 Å². The van der Waals surface area contributed by atoms with Crippen molar-refractivity contribution in [3.63, 3.8) is 0 Å². The summed E-state index contributed by atoms with van der Waals surface area (Å²) in [4.78, 5) is 8.49. The summed E-state index contributed by atoms with van der Waals surface area (Å²) in [5, 5.41) is 13.0. The fourth-order valence-corrected chi connectivity index (χ4v) is 4.22. The summed E-state index contributed by atoms with van der Waals surface area (Å²) in [5.74, 6) is -0.935. The van der Waals surface area contributed by atoms with Crippen molar-refractivity contribution in [3.8, 4) is 5.75 Å². The number of benzene rings is 2. The molecule has 2 heterocycles. The molecular formula is C23H16Cl3FN2O. The van der Waals surface area contributed by atoms with Gasteiger partial charge in [0.15, 0.2) is 0 Å². The van der Waals surface area contributed by atoms with Gasteiger partial charge in [-0.25, -0.2) is 4.39 Å². The van der Waals surface area contributed by atoms with Gasteiger partial charge in [0, 0.05) is 51.3 Å². The third-order valence-electron chi connectivity index (χ3n) is 5.16. The maximum atomic E-state index is 14.9. The third-order valence-corrected chi connectivity index (χ3v) is 6.11. The second-order valence-corrected chi connectivity index (χ2v) is 8.24. The minimum absolute atomic E-state index is 0.0233. The van der Waals surface area contributed by atoms with E-state index in [4.69, 9.17) is 34.8 Å². The molecule has 0 aliphatic heterocycles. The van der Waals surface area contributed by atoms with Crippen molar-refractivity contribution in [2.75, 3.05) is 0 Å². The monoisotopic (exact) mass is 460 g/mol. The second-order valence-electron chi connectivity index (χ2n) is 6.99. The van der Waals surface area contributed by atoms with Crippen molar-refractivity contribution in [3.05, 3.63) is 98.1 Å². The van der Waals surface area contributed by atoms with E-state index >= 15 is 0 Å². The number of fused-ring (bicyclic) bond motifs is 1. The Morgan fingerprint density at radius 3 is 2.53 bits per heavy atom. The molecule has 0 radical (unpaired) electrons. The van der Waals surface area contributed by atoms with Gasteiger partial charge in [0.1, 0.15) is 17.1 Å². The lowest BCUT2D eigenvalue weighted by Gasteiger charge is -2.21. The highest BCUT2D eigenvalue weighted by atomic mass is 35.5. The molecule has 2 aromatic carbocycles. The molecule has 1 unspecified atom stereocenters. The normalized spacial score (nSPS) is 12.3. The minimum atomic E-state index is -0.483. The first-order valence-electron chi connectivity index (χ1n) is 9.18. The van der Waals surface area contributed by atoms with Crippen LogP contribution in [0.2, 0.25) is 15.1 Å². The molecule has 1 atom stereocenters. The van der Waals surface area contributed by atoms with Crippen molar-refractivity contribution in [2.24, 2.45) is 0 Å². The maximum absolute atomic E-state index is 14.9. The van der Waals surface area contributed by atoms with Gasteiger partial charge in [-0.3, -0.25) is 9.97 Å². The first kappa shape index (κ1) is 20.9. The largest absolute Gasteiger partial charge is 0.505 e. The molecule has 4 aromatic rings. The molecule has 152 valence electrons. The predicted molar refractivity (Wildman–Crippen MR) is 119 cm³/mol. The lowest BCUT2D eigenvalue weighted by molar-refractivity contribution is 0.468. The average molecular weight is 462 g/mol. The first-order chi connectivity index (χ1) is 14.4. The molecule has 4 rings (SSSR count). The highest BCUT2D eigenvalue weighted by Crippen LogP contribution is 2.41. The van der Waals surface area contributed by atoms with E-state index < -0.39 is 11.7 Å². The number of halogens is 4. The van der Waals surface area contributed by atoms with Gasteiger partial charge in [-0.1, -0.05) is 59.1 Å². The Kier molecular flexibility index (Phi) is 5.83. The molecule has 0 saturated carbocycles. The number of pyridine rings is 2. The summed E-state index contributed by atoms with van der Waals surface area (Å²) in [5.41, 5.74) is 2.28. The highest BCUT2D eigenvalue weighted by Gasteiger charge is 2.25. The summed E-state index contributed by atoms with van der Waals surface area (Å²) in [6.45, 7) is 1.60. The van der Waals surface area contributed by atoms with Gasteiger partial charge >= 0.3 is 0 Å². The Labute approximate surface area is 188 Å². The average Bonchev–Trinajstić information content (AvgIpc) is 2.73. The predicted octanol–water partition coefficient (Wildman–Crippen LogP) is 7.12. The third kappa shape index (κ3) is 3.83. The number of phenols is 1. The van der Waals surface area contributed by atoms with Crippen LogP contribution in [0.3, 0.4) is 0 Å². The molecular weight excluding hydrogens is 446 g/mol. The fraction of sp³-hybridized carbons (Fsp3) is 0.130. The van der Waals surface area contributed by atoms with Gasteiger partial charge in [-0.05, 0) is 30.7 Å². The zero-order valence-corrected chi connectivity index (χ0v) is 18.1. The van der Waals surface area contributed by atoms with Crippen LogP contribution in [0.1, 0.15) is 28.3 Å². The van der Waals surface area contributed by atoms with Gasteiger partial charge < -0.3 is 5.11 Å². The lowest BCUT2D eigenvalue weighted by atomic mass is 9.85. The smallest absolute Gasteiger partial charge is 0.149 e. The number of phenolic OH excluding ortho intramolecular Hbond substituents is 1. The Balaban J connectivity index is 1.91. The van der Waals surface area contributed by atoms with Crippen LogP contribution >= 0.6 is 34.8 Å². The van der Waals surface area contributed by atoms with Crippen molar-refractivity contribution in [2.45, 2.75) is 19.3 Å². The molecule has 7 heteroatoms. The summed E-state index contributed by atoms with van der Waals surface area (Å²) in [6.07, 6.45) is 3.20. The van der Waals surface area contributed by atoms with Gasteiger partial charge in [0.05, 0.1) is 10.7 Å². The molecule has 3 nitrogen and oxygen atoms in total. The molecule has 0 aliphatic carbocycles. The van der Waals surface area contributed by atoms with E-state index in [1.54, 1.807) is 43.5 Å². The van der Waals surface area contributed by atoms with Crippen molar-refractivity contribution >= 4 is 45.7 Å². The molecule has 0 bridgehead atoms. The molecule has 1 N–H and O–H groups in total.